The van der Waals surface area contributed by atoms with Gasteiger partial charge in [0.2, 0.25) is 5.91 Å². The van der Waals surface area contributed by atoms with Gasteiger partial charge in [0.15, 0.2) is 5.75 Å². The van der Waals surface area contributed by atoms with Gasteiger partial charge in [-0.3, -0.25) is 4.79 Å². The van der Waals surface area contributed by atoms with E-state index < -0.39 is 0 Å². The van der Waals surface area contributed by atoms with Crippen molar-refractivity contribution in [1.82, 2.24) is 0 Å². The van der Waals surface area contributed by atoms with Crippen molar-refractivity contribution in [1.29, 1.82) is 0 Å². The van der Waals surface area contributed by atoms with Crippen LogP contribution < -0.4 is 10.1 Å². The summed E-state index contributed by atoms with van der Waals surface area (Å²) in [5, 5.41) is 2.94. The summed E-state index contributed by atoms with van der Waals surface area (Å²) in [6.07, 6.45) is 0.444. The van der Waals surface area contributed by atoms with E-state index in [1.54, 1.807) is 11.8 Å². The van der Waals surface area contributed by atoms with Crippen LogP contribution in [0.25, 0.3) is 0 Å². The molecule has 0 unspecified atom stereocenters. The summed E-state index contributed by atoms with van der Waals surface area (Å²) in [5.74, 6) is 2.09. The standard InChI is InChI=1S/C21H19NO2S/c23-21(15-16-25-18-11-5-2-6-12-18)22-19-13-7-8-14-20(19)24-17-9-3-1-4-10-17/h1-14H,15-16H2,(H,22,23). The highest BCUT2D eigenvalue weighted by atomic mass is 32.2. The van der Waals surface area contributed by atoms with Gasteiger partial charge in [0.25, 0.3) is 0 Å². The molecule has 1 N–H and O–H groups in total. The number of hydrogen-bond donors (Lipinski definition) is 1. The van der Waals surface area contributed by atoms with E-state index in [9.17, 15) is 4.79 Å². The van der Waals surface area contributed by atoms with Crippen molar-refractivity contribution in [3.8, 4) is 11.5 Å². The van der Waals surface area contributed by atoms with Crippen LogP contribution in [0, 0.1) is 0 Å². The molecule has 3 aromatic rings. The number of ether oxygens (including phenoxy) is 1. The summed E-state index contributed by atoms with van der Waals surface area (Å²) in [5.41, 5.74) is 0.682. The van der Waals surface area contributed by atoms with Gasteiger partial charge in [-0.15, -0.1) is 11.8 Å². The Bertz CT molecular complexity index is 806. The first-order valence-corrected chi connectivity index (χ1v) is 9.09. The van der Waals surface area contributed by atoms with Crippen molar-refractivity contribution in [3.05, 3.63) is 84.9 Å². The first-order valence-electron chi connectivity index (χ1n) is 8.11. The van der Waals surface area contributed by atoms with Gasteiger partial charge in [0, 0.05) is 17.1 Å². The molecule has 0 radical (unpaired) electrons. The van der Waals surface area contributed by atoms with Crippen LogP contribution in [0.5, 0.6) is 11.5 Å². The van der Waals surface area contributed by atoms with Crippen LogP contribution in [-0.2, 0) is 4.79 Å². The molecule has 0 fully saturated rings. The molecule has 3 rings (SSSR count). The highest BCUT2D eigenvalue weighted by molar-refractivity contribution is 7.99. The molecule has 0 atom stereocenters. The van der Waals surface area contributed by atoms with E-state index in [0.717, 1.165) is 11.5 Å². The van der Waals surface area contributed by atoms with Crippen LogP contribution in [-0.4, -0.2) is 11.7 Å². The summed E-state index contributed by atoms with van der Waals surface area (Å²) >= 11 is 1.67. The summed E-state index contributed by atoms with van der Waals surface area (Å²) < 4.78 is 5.86. The summed E-state index contributed by atoms with van der Waals surface area (Å²) in [7, 11) is 0. The molecule has 0 aliphatic rings. The van der Waals surface area contributed by atoms with Crippen molar-refractivity contribution in [3.63, 3.8) is 0 Å². The van der Waals surface area contributed by atoms with Gasteiger partial charge in [0.1, 0.15) is 5.75 Å². The molecule has 4 heteroatoms. The number of amides is 1. The molecule has 0 aliphatic heterocycles. The van der Waals surface area contributed by atoms with Crippen LogP contribution in [0.3, 0.4) is 0 Å². The van der Waals surface area contributed by atoms with Crippen molar-refractivity contribution in [2.24, 2.45) is 0 Å². The zero-order valence-corrected chi connectivity index (χ0v) is 14.5. The van der Waals surface area contributed by atoms with E-state index in [-0.39, 0.29) is 5.91 Å². The second-order valence-electron chi connectivity index (χ2n) is 5.37. The molecule has 0 aliphatic carbocycles. The molecule has 0 spiro atoms. The average Bonchev–Trinajstić information content (AvgIpc) is 2.65. The first kappa shape index (κ1) is 17.1. The maximum atomic E-state index is 12.2. The number of nitrogens with one attached hydrogen (secondary N) is 1. The third-order valence-electron chi connectivity index (χ3n) is 3.47. The molecule has 126 valence electrons. The Hall–Kier alpha value is -2.72. The largest absolute Gasteiger partial charge is 0.455 e. The predicted octanol–water partition coefficient (Wildman–Crippen LogP) is 5.60. The molecule has 3 aromatic carbocycles. The number of carbonyl (C=O) groups excluding carboxylic acids is 1. The van der Waals surface area contributed by atoms with Gasteiger partial charge in [0.05, 0.1) is 5.69 Å². The lowest BCUT2D eigenvalue weighted by atomic mass is 10.2. The number of thioether (sulfide) groups is 1. The van der Waals surface area contributed by atoms with Crippen molar-refractivity contribution >= 4 is 23.4 Å². The minimum atomic E-state index is -0.0208. The molecule has 0 aromatic heterocycles. The molecule has 25 heavy (non-hydrogen) atoms. The molecule has 0 saturated heterocycles. The quantitative estimate of drug-likeness (QED) is 0.564. The average molecular weight is 349 g/mol. The Morgan fingerprint density at radius 2 is 1.48 bits per heavy atom. The molecular weight excluding hydrogens is 330 g/mol. The van der Waals surface area contributed by atoms with E-state index in [1.165, 1.54) is 4.90 Å². The van der Waals surface area contributed by atoms with Gasteiger partial charge >= 0.3 is 0 Å². The number of rotatable bonds is 7. The number of carbonyl (C=O) groups is 1. The van der Waals surface area contributed by atoms with E-state index in [4.69, 9.17) is 4.74 Å². The second kappa shape index (κ2) is 8.94. The SMILES string of the molecule is O=C(CCSc1ccccc1)Nc1ccccc1Oc1ccccc1. The first-order chi connectivity index (χ1) is 12.3. The van der Waals surface area contributed by atoms with E-state index in [2.05, 4.69) is 5.32 Å². The van der Waals surface area contributed by atoms with E-state index in [0.29, 0.717) is 17.9 Å². The predicted molar refractivity (Wildman–Crippen MR) is 103 cm³/mol. The van der Waals surface area contributed by atoms with Gasteiger partial charge in [-0.25, -0.2) is 0 Å². The Morgan fingerprint density at radius 3 is 2.24 bits per heavy atom. The van der Waals surface area contributed by atoms with Gasteiger partial charge in [-0.05, 0) is 36.4 Å². The Kier molecular flexibility index (Phi) is 6.12. The monoisotopic (exact) mass is 349 g/mol. The lowest BCUT2D eigenvalue weighted by Gasteiger charge is -2.12. The maximum absolute atomic E-state index is 12.2. The maximum Gasteiger partial charge on any atom is 0.225 e. The lowest BCUT2D eigenvalue weighted by Crippen LogP contribution is -2.12. The third-order valence-corrected chi connectivity index (χ3v) is 4.49. The molecule has 0 saturated carbocycles. The van der Waals surface area contributed by atoms with Crippen LogP contribution in [0.1, 0.15) is 6.42 Å². The molecule has 0 bridgehead atoms. The molecule has 1 amide bonds. The normalized spacial score (nSPS) is 10.2. The Balaban J connectivity index is 1.56. The van der Waals surface area contributed by atoms with Crippen LogP contribution in [0.4, 0.5) is 5.69 Å². The number of hydrogen-bond acceptors (Lipinski definition) is 3. The number of anilines is 1. The van der Waals surface area contributed by atoms with Gasteiger partial charge in [-0.2, -0.15) is 0 Å². The summed E-state index contributed by atoms with van der Waals surface area (Å²) in [6, 6.07) is 27.1. The smallest absolute Gasteiger partial charge is 0.225 e. The topological polar surface area (TPSA) is 38.3 Å². The fraction of sp³-hybridized carbons (Fsp3) is 0.0952. The van der Waals surface area contributed by atoms with Crippen LogP contribution in [0.15, 0.2) is 89.8 Å². The van der Waals surface area contributed by atoms with Gasteiger partial charge in [-0.1, -0.05) is 48.5 Å². The molecular formula is C21H19NO2S. The van der Waals surface area contributed by atoms with Crippen LogP contribution >= 0.6 is 11.8 Å². The summed E-state index contributed by atoms with van der Waals surface area (Å²) in [6.45, 7) is 0. The minimum Gasteiger partial charge on any atom is -0.455 e. The Labute approximate surface area is 152 Å². The minimum absolute atomic E-state index is 0.0208. The summed E-state index contributed by atoms with van der Waals surface area (Å²) in [4.78, 5) is 13.4. The fourth-order valence-corrected chi connectivity index (χ4v) is 3.14. The molecule has 0 heterocycles. The second-order valence-corrected chi connectivity index (χ2v) is 6.54. The fourth-order valence-electron chi connectivity index (χ4n) is 2.27. The van der Waals surface area contributed by atoms with Crippen molar-refractivity contribution in [2.45, 2.75) is 11.3 Å². The van der Waals surface area contributed by atoms with E-state index >= 15 is 0 Å². The van der Waals surface area contributed by atoms with Gasteiger partial charge < -0.3 is 10.1 Å². The third kappa shape index (κ3) is 5.40. The number of benzene rings is 3. The zero-order valence-electron chi connectivity index (χ0n) is 13.7. The van der Waals surface area contributed by atoms with E-state index in [1.807, 2.05) is 84.9 Å². The highest BCUT2D eigenvalue weighted by Gasteiger charge is 2.08. The Morgan fingerprint density at radius 1 is 0.840 bits per heavy atom. The lowest BCUT2D eigenvalue weighted by molar-refractivity contribution is -0.115. The van der Waals surface area contributed by atoms with Crippen LogP contribution in [0.2, 0.25) is 0 Å². The van der Waals surface area contributed by atoms with Crippen molar-refractivity contribution < 1.29 is 9.53 Å². The van der Waals surface area contributed by atoms with Crippen molar-refractivity contribution in [2.75, 3.05) is 11.1 Å². The zero-order chi connectivity index (χ0) is 17.3. The highest BCUT2D eigenvalue weighted by Crippen LogP contribution is 2.29. The molecule has 3 nitrogen and oxygen atoms in total. The number of para-hydroxylation sites is 3.